The van der Waals surface area contributed by atoms with Crippen LogP contribution in [0.5, 0.6) is 0 Å². The molecular weight excluding hydrogens is 1160 g/mol. The number of nitrogens with two attached hydrogens (primary N) is 1. The zero-order chi connectivity index (χ0) is 49.9. The third-order valence-corrected chi connectivity index (χ3v) is 15.0. The predicted octanol–water partition coefficient (Wildman–Crippen LogP) is -5.19. The molecule has 0 saturated heterocycles. The van der Waals surface area contributed by atoms with Crippen LogP contribution in [0.4, 0.5) is 23.3 Å². The molecule has 4 N–H and O–H groups in total. The van der Waals surface area contributed by atoms with Crippen LogP contribution in [0.2, 0.25) is 5.28 Å². The Kier molecular flexibility index (Phi) is 16.5. The van der Waals surface area contributed by atoms with Crippen molar-refractivity contribution in [3.63, 3.8) is 0 Å². The maximum Gasteiger partial charge on any atom is 2.00 e. The molecule has 2 aliphatic rings. The van der Waals surface area contributed by atoms with Gasteiger partial charge in [0, 0.05) is 61.3 Å². The summed E-state index contributed by atoms with van der Waals surface area (Å²) in [6.45, 7) is 0. The second kappa shape index (κ2) is 21.3. The number of benzene rings is 5. The predicted molar refractivity (Wildman–Crippen MR) is 248 cm³/mol. The van der Waals surface area contributed by atoms with Crippen molar-refractivity contribution < 1.29 is 153 Å². The molecule has 0 spiro atoms. The molecule has 0 atom stereocenters. The third-order valence-electron chi connectivity index (χ3n) is 10.8. The van der Waals surface area contributed by atoms with Crippen molar-refractivity contribution in [3.8, 4) is 45.6 Å². The molecule has 1 radical (unpaired) electrons. The number of hydrogen-bond donors (Lipinski definition) is 3. The van der Waals surface area contributed by atoms with Crippen LogP contribution >= 0.6 is 11.6 Å². The van der Waals surface area contributed by atoms with Gasteiger partial charge in [-0.3, -0.25) is 4.72 Å². The number of aromatic nitrogens is 11. The van der Waals surface area contributed by atoms with Crippen LogP contribution in [0.3, 0.4) is 0 Å². The molecule has 0 amide bonds. The Labute approximate surface area is 504 Å². The van der Waals surface area contributed by atoms with Crippen LogP contribution in [0.25, 0.3) is 89.7 Å². The number of fused-ring (bicyclic) bond motifs is 20. The smallest absolute Gasteiger partial charge is 0.744 e. The Hall–Kier alpha value is -4.64. The van der Waals surface area contributed by atoms with E-state index in [1.54, 1.807) is 6.07 Å². The molecule has 11 rings (SSSR count). The van der Waals surface area contributed by atoms with Crippen molar-refractivity contribution in [3.05, 3.63) is 102 Å². The molecule has 5 aromatic carbocycles. The number of anilines is 4. The van der Waals surface area contributed by atoms with Crippen LogP contribution in [-0.4, -0.2) is 92.2 Å². The van der Waals surface area contributed by atoms with Gasteiger partial charge in [0.05, 0.1) is 48.6 Å². The maximum atomic E-state index is 14.6. The van der Waals surface area contributed by atoms with E-state index in [4.69, 9.17) is 17.3 Å². The summed E-state index contributed by atoms with van der Waals surface area (Å²) in [5.41, 5.74) is 3.44. The summed E-state index contributed by atoms with van der Waals surface area (Å²) in [5.74, 6) is -1.92. The van der Waals surface area contributed by atoms with Crippen molar-refractivity contribution in [1.29, 1.82) is 0 Å². The molecule has 365 valence electrons. The minimum atomic E-state index is -5.31. The van der Waals surface area contributed by atoms with E-state index < -0.39 is 94.4 Å². The number of halogens is 1. The fraction of sp³-hybridized carbons (Fsp3) is 0. The van der Waals surface area contributed by atoms with Gasteiger partial charge in [-0.15, -0.1) is 0 Å². The normalized spacial score (nSPS) is 12.1. The summed E-state index contributed by atoms with van der Waals surface area (Å²) in [6, 6.07) is 20.4. The Balaban J connectivity index is 0.00000205. The van der Waals surface area contributed by atoms with E-state index in [0.717, 1.165) is 18.2 Å². The standard InChI is InChI=1S/C41H23ClN14O11S4.Cu.3Na/c42-39-53-40(43)55-41(54-39)44-17-6-1-7-18(16-17)56-68(57,58)23-12-2-8-19-27(23)35-45-31(19)47-36-29-21(10-4-14-25(29)70(62,63)64)33(49-36)51-38-30-22(11-5-15-26(30)71(65,66)67)34(52-38)50-37-28-20(32(46-35)48-37)9-3-13-24(28)69(59,60)61;;;;/h1-16,56H,(H6-2,43,44,45,46,47,48,49,50,51,52,53,54,55,59,60,61,62,63,64,65,66,67);;;;/q-2;+2;3*+1/p-3. The average Bonchev–Trinajstić information content (AvgIpc) is 4.03. The molecule has 8 bridgehead atoms. The van der Waals surface area contributed by atoms with Crippen molar-refractivity contribution in [2.24, 2.45) is 0 Å². The molecular formula is C41H20ClCuN14Na3O11S4. The molecule has 2 aliphatic heterocycles. The number of rotatable bonds is 8. The van der Waals surface area contributed by atoms with Crippen molar-refractivity contribution >= 4 is 119 Å². The van der Waals surface area contributed by atoms with Gasteiger partial charge in [0.2, 0.25) is 17.2 Å². The fourth-order valence-corrected chi connectivity index (χ4v) is 11.5. The molecule has 0 saturated carbocycles. The second-order valence-corrected chi connectivity index (χ2v) is 21.2. The summed E-state index contributed by atoms with van der Waals surface area (Å²) in [4.78, 5) is 44.8. The van der Waals surface area contributed by atoms with Gasteiger partial charge in [0.15, 0.2) is 0 Å². The van der Waals surface area contributed by atoms with E-state index in [0.29, 0.717) is 0 Å². The van der Waals surface area contributed by atoms with Crippen LogP contribution in [-0.2, 0) is 57.4 Å². The number of nitrogen functional groups attached to an aromatic ring is 1. The monoisotopic (exact) mass is 1180 g/mol. The van der Waals surface area contributed by atoms with Gasteiger partial charge in [0.25, 0.3) is 10.0 Å². The van der Waals surface area contributed by atoms with E-state index in [1.807, 2.05) is 0 Å². The molecule has 34 heteroatoms. The summed E-state index contributed by atoms with van der Waals surface area (Å²) in [5, 5.41) is 1.64. The van der Waals surface area contributed by atoms with Gasteiger partial charge in [-0.2, -0.15) is 15.0 Å². The summed E-state index contributed by atoms with van der Waals surface area (Å²) in [6.07, 6.45) is 0. The average molecular weight is 1180 g/mol. The van der Waals surface area contributed by atoms with E-state index in [1.165, 1.54) is 72.8 Å². The quantitative estimate of drug-likeness (QED) is 0.0945. The molecule has 9 aromatic rings. The second-order valence-electron chi connectivity index (χ2n) is 15.2. The number of hydrogen-bond acceptors (Lipinski definition) is 22. The van der Waals surface area contributed by atoms with Gasteiger partial charge in [-0.1, -0.05) is 54.6 Å². The molecule has 0 aliphatic carbocycles. The zero-order valence-corrected chi connectivity index (χ0v) is 49.0. The maximum absolute atomic E-state index is 14.6. The van der Waals surface area contributed by atoms with Crippen LogP contribution in [0, 0.1) is 0 Å². The Morgan fingerprint density at radius 3 is 1.40 bits per heavy atom. The Morgan fingerprint density at radius 1 is 0.480 bits per heavy atom. The van der Waals surface area contributed by atoms with Crippen molar-refractivity contribution in [1.82, 2.24) is 54.8 Å². The molecule has 0 unspecified atom stereocenters. The number of nitrogens with zero attached hydrogens (tertiary/aromatic N) is 11. The fourth-order valence-electron chi connectivity index (χ4n) is 7.99. The van der Waals surface area contributed by atoms with E-state index in [9.17, 15) is 47.3 Å². The van der Waals surface area contributed by atoms with Crippen molar-refractivity contribution in [2.75, 3.05) is 15.8 Å². The van der Waals surface area contributed by atoms with Gasteiger partial charge < -0.3 is 54.6 Å². The van der Waals surface area contributed by atoms with Crippen LogP contribution in [0.15, 0.2) is 117 Å². The van der Waals surface area contributed by atoms with Gasteiger partial charge >= 0.3 is 106 Å². The Bertz CT molecular complexity index is 4480. The zero-order valence-electron chi connectivity index (χ0n) is 38.0. The minimum absolute atomic E-state index is 0. The minimum Gasteiger partial charge on any atom is -0.744 e. The summed E-state index contributed by atoms with van der Waals surface area (Å²) in [7, 11) is -20.6. The largest absolute Gasteiger partial charge is 2.00 e. The molecule has 75 heavy (non-hydrogen) atoms. The van der Waals surface area contributed by atoms with Gasteiger partial charge in [-0.05, 0) is 64.8 Å². The van der Waals surface area contributed by atoms with Gasteiger partial charge in [0.1, 0.15) is 30.4 Å². The molecule has 6 heterocycles. The first-order valence-corrected chi connectivity index (χ1v) is 25.9. The first-order valence-electron chi connectivity index (χ1n) is 19.8. The first-order chi connectivity index (χ1) is 33.6. The van der Waals surface area contributed by atoms with Crippen LogP contribution < -0.4 is 114 Å². The number of sulfonamides is 1. The third kappa shape index (κ3) is 10.8. The van der Waals surface area contributed by atoms with Crippen LogP contribution in [0.1, 0.15) is 0 Å². The molecule has 25 nitrogen and oxygen atoms in total. The van der Waals surface area contributed by atoms with Crippen molar-refractivity contribution in [2.45, 2.75) is 19.6 Å². The van der Waals surface area contributed by atoms with E-state index in [-0.39, 0.29) is 190 Å². The first kappa shape index (κ1) is 58.1. The van der Waals surface area contributed by atoms with E-state index >= 15 is 0 Å². The SMILES string of the molecule is Nc1nc(Cl)nc(Nc2cccc(NS(=O)(=O)c3cccc4c3-c3nc-4nc4[n-]c(nc5nc(nc6[n-]c(n3)c3cccc(S(=O)(=O)[O-])c63)-c3cccc(S(=O)(=O)[O-])c3-5)c3cccc(S(=O)(=O)[O-])c43)c2)n1.[Cu+2].[Na+].[Na+].[Na+]. The van der Waals surface area contributed by atoms with E-state index in [2.05, 4.69) is 64.9 Å². The molecule has 4 aromatic heterocycles. The summed E-state index contributed by atoms with van der Waals surface area (Å²) < 4.78 is 147. The van der Waals surface area contributed by atoms with Gasteiger partial charge in [-0.25, -0.2) is 43.6 Å². The number of nitrogens with one attached hydrogen (secondary N) is 2. The summed E-state index contributed by atoms with van der Waals surface area (Å²) >= 11 is 5.92. The molecule has 0 fully saturated rings. The topological polar surface area (TPSA) is 400 Å². The Morgan fingerprint density at radius 2 is 0.907 bits per heavy atom.